The molecule has 0 aliphatic carbocycles. The molecule has 0 aromatic rings. The Balaban J connectivity index is -0.0000000450. The van der Waals surface area contributed by atoms with Crippen LogP contribution in [0.15, 0.2) is 0 Å². The predicted molar refractivity (Wildman–Crippen MR) is 30.6 cm³/mol. The first-order valence-corrected chi connectivity index (χ1v) is 1.50. The summed E-state index contributed by atoms with van der Waals surface area (Å²) >= 11 is 0. The number of rotatable bonds is 0. The third kappa shape index (κ3) is 70.6. The first kappa shape index (κ1) is 15.7. The quantitative estimate of drug-likeness (QED) is 0.418. The fraction of sp³-hybridized carbons (Fsp3) is 0.750. The first-order valence-electron chi connectivity index (χ1n) is 1.50. The minimum Gasteiger partial charge on any atom is -0.323 e. The Bertz CT molecular complexity index is 12.3. The first-order chi connectivity index (χ1) is 1.73. The minimum atomic E-state index is 0. The summed E-state index contributed by atoms with van der Waals surface area (Å²) in [5, 5.41) is 0. The van der Waals surface area contributed by atoms with Crippen LogP contribution in [0.25, 0.3) is 0 Å². The summed E-state index contributed by atoms with van der Waals surface area (Å²) in [6, 6.07) is 0. The molecule has 0 bridgehead atoms. The number of hydrogen-bond acceptors (Lipinski definition) is 0. The van der Waals surface area contributed by atoms with Crippen molar-refractivity contribution in [1.82, 2.24) is 0 Å². The molecule has 0 saturated carbocycles. The van der Waals surface area contributed by atoms with Crippen molar-refractivity contribution in [1.29, 1.82) is 0 Å². The molecule has 36 valence electrons. The van der Waals surface area contributed by atoms with Crippen LogP contribution in [0.5, 0.6) is 0 Å². The molecule has 0 amide bonds. The molecule has 2 heteroatoms. The van der Waals surface area contributed by atoms with Crippen LogP contribution in [0.1, 0.15) is 20.8 Å². The topological polar surface area (TPSA) is 0 Å². The average molecular weight is 203 g/mol. The van der Waals surface area contributed by atoms with Crippen LogP contribution in [-0.2, 0) is 19.5 Å². The zero-order valence-electron chi connectivity index (χ0n) is 4.62. The van der Waals surface area contributed by atoms with Crippen molar-refractivity contribution < 1.29 is 19.5 Å². The molecule has 0 unspecified atom stereocenters. The summed E-state index contributed by atoms with van der Waals surface area (Å²) in [4.78, 5) is 0. The van der Waals surface area contributed by atoms with Crippen LogP contribution in [0, 0.1) is 5.92 Å². The van der Waals surface area contributed by atoms with Crippen molar-refractivity contribution in [3.8, 4) is 0 Å². The van der Waals surface area contributed by atoms with E-state index in [4.69, 9.17) is 0 Å². The maximum Gasteiger partial charge on any atom is 0 e. The molecule has 0 aliphatic rings. The van der Waals surface area contributed by atoms with Crippen molar-refractivity contribution >= 4 is 17.0 Å². The van der Waals surface area contributed by atoms with Gasteiger partial charge in [-0.1, -0.05) is 0 Å². The van der Waals surface area contributed by atoms with Crippen LogP contribution in [0.2, 0.25) is 0 Å². The molecule has 0 heterocycles. The molecule has 0 atom stereocenters. The van der Waals surface area contributed by atoms with E-state index in [1.165, 1.54) is 5.92 Å². The van der Waals surface area contributed by atoms with E-state index in [0.717, 1.165) is 0 Å². The predicted octanol–water partition coefficient (Wildman–Crippen LogP) is 2.20. The number of hydrogen-bond donors (Lipinski definition) is 0. The summed E-state index contributed by atoms with van der Waals surface area (Å²) in [6.07, 6.45) is 0. The SMILES string of the molecule is Br.C[C-](C)C.[Zn]. The summed E-state index contributed by atoms with van der Waals surface area (Å²) < 4.78 is 0. The van der Waals surface area contributed by atoms with E-state index < -0.39 is 0 Å². The Labute approximate surface area is 63.2 Å². The third-order valence-corrected chi connectivity index (χ3v) is 0. The average Bonchev–Trinajstić information content (AvgIpc) is 0.811. The van der Waals surface area contributed by atoms with Gasteiger partial charge in [-0.05, 0) is 0 Å². The zero-order chi connectivity index (χ0) is 3.58. The summed E-state index contributed by atoms with van der Waals surface area (Å²) in [5.41, 5.74) is 0. The Morgan fingerprint density at radius 1 is 1.00 bits per heavy atom. The molecule has 0 saturated heterocycles. The normalized spacial score (nSPS) is 6.00. The van der Waals surface area contributed by atoms with Gasteiger partial charge in [-0.25, -0.2) is 0 Å². The van der Waals surface area contributed by atoms with Gasteiger partial charge in [-0.2, -0.15) is 20.8 Å². The second-order valence-electron chi connectivity index (χ2n) is 1.50. The van der Waals surface area contributed by atoms with Crippen LogP contribution in [0.4, 0.5) is 0 Å². The molecule has 6 heavy (non-hydrogen) atoms. The summed E-state index contributed by atoms with van der Waals surface area (Å²) in [5.74, 6) is 1.42. The maximum atomic E-state index is 2.08. The van der Waals surface area contributed by atoms with Gasteiger partial charge in [0, 0.05) is 19.5 Å². The van der Waals surface area contributed by atoms with Gasteiger partial charge in [0.05, 0.1) is 0 Å². The third-order valence-electron chi connectivity index (χ3n) is 0. The van der Waals surface area contributed by atoms with E-state index in [1.807, 2.05) is 0 Å². The Morgan fingerprint density at radius 3 is 1.00 bits per heavy atom. The molecule has 0 aromatic heterocycles. The molecule has 0 N–H and O–H groups in total. The molecule has 0 spiro atoms. The summed E-state index contributed by atoms with van der Waals surface area (Å²) in [6.45, 7) is 6.25. The van der Waals surface area contributed by atoms with Crippen molar-refractivity contribution in [3.05, 3.63) is 5.92 Å². The van der Waals surface area contributed by atoms with Crippen molar-refractivity contribution in [2.45, 2.75) is 20.8 Å². The van der Waals surface area contributed by atoms with E-state index in [2.05, 4.69) is 20.8 Å². The molecular formula is C4H10BrZn-. The smallest absolute Gasteiger partial charge is 0 e. The van der Waals surface area contributed by atoms with Gasteiger partial charge in [0.1, 0.15) is 0 Å². The second-order valence-corrected chi connectivity index (χ2v) is 1.50. The van der Waals surface area contributed by atoms with Gasteiger partial charge in [0.25, 0.3) is 0 Å². The van der Waals surface area contributed by atoms with Gasteiger partial charge in [-0.3, -0.25) is 0 Å². The van der Waals surface area contributed by atoms with E-state index in [0.29, 0.717) is 0 Å². The summed E-state index contributed by atoms with van der Waals surface area (Å²) in [7, 11) is 0. The fourth-order valence-electron chi connectivity index (χ4n) is 0. The molecule has 0 radical (unpaired) electrons. The van der Waals surface area contributed by atoms with Crippen LogP contribution in [-0.4, -0.2) is 0 Å². The van der Waals surface area contributed by atoms with Crippen LogP contribution < -0.4 is 0 Å². The van der Waals surface area contributed by atoms with Gasteiger partial charge < -0.3 is 5.92 Å². The van der Waals surface area contributed by atoms with Crippen molar-refractivity contribution in [3.63, 3.8) is 0 Å². The van der Waals surface area contributed by atoms with Gasteiger partial charge >= 0.3 is 0 Å². The van der Waals surface area contributed by atoms with Crippen molar-refractivity contribution in [2.75, 3.05) is 0 Å². The molecular weight excluding hydrogens is 193 g/mol. The van der Waals surface area contributed by atoms with E-state index in [-0.39, 0.29) is 36.5 Å². The van der Waals surface area contributed by atoms with E-state index >= 15 is 0 Å². The molecule has 0 aromatic carbocycles. The van der Waals surface area contributed by atoms with E-state index in [1.54, 1.807) is 0 Å². The number of halogens is 1. The standard InChI is InChI=1S/C4H9.BrH.Zn/c1-4(2)3;;/h1-3H3;1H;/q-1;;. The van der Waals surface area contributed by atoms with Crippen LogP contribution in [0.3, 0.4) is 0 Å². The monoisotopic (exact) mass is 201 g/mol. The second kappa shape index (κ2) is 9.44. The zero-order valence-corrected chi connectivity index (χ0v) is 9.30. The Kier molecular flexibility index (Phi) is 24.7. The minimum absolute atomic E-state index is 0. The fourth-order valence-corrected chi connectivity index (χ4v) is 0. The van der Waals surface area contributed by atoms with Crippen LogP contribution >= 0.6 is 17.0 Å². The van der Waals surface area contributed by atoms with Gasteiger partial charge in [0.15, 0.2) is 0 Å². The molecule has 0 fully saturated rings. The Hall–Kier alpha value is 1.10. The largest absolute Gasteiger partial charge is 0.323 e. The van der Waals surface area contributed by atoms with E-state index in [9.17, 15) is 0 Å². The van der Waals surface area contributed by atoms with Gasteiger partial charge in [0.2, 0.25) is 0 Å². The van der Waals surface area contributed by atoms with Gasteiger partial charge in [-0.15, -0.1) is 17.0 Å². The van der Waals surface area contributed by atoms with Crippen molar-refractivity contribution in [2.24, 2.45) is 0 Å². The molecule has 0 aliphatic heterocycles. The molecule has 0 nitrogen and oxygen atoms in total. The Morgan fingerprint density at radius 2 is 1.00 bits per heavy atom. The molecule has 0 rings (SSSR count). The maximum absolute atomic E-state index is 2.08.